The Labute approximate surface area is 123 Å². The first-order chi connectivity index (χ1) is 9.54. The number of halogens is 2. The number of nitrogen functional groups attached to an aromatic ring is 1. The Morgan fingerprint density at radius 3 is 2.90 bits per heavy atom. The van der Waals surface area contributed by atoms with Crippen molar-refractivity contribution in [3.63, 3.8) is 0 Å². The van der Waals surface area contributed by atoms with Gasteiger partial charge in [0, 0.05) is 5.56 Å². The molecule has 2 heterocycles. The molecule has 20 heavy (non-hydrogen) atoms. The van der Waals surface area contributed by atoms with Crippen LogP contribution in [0.2, 0.25) is 10.0 Å². The summed E-state index contributed by atoms with van der Waals surface area (Å²) in [6, 6.07) is 3.32. The molecule has 8 heteroatoms. The Morgan fingerprint density at radius 2 is 2.10 bits per heavy atom. The number of rotatable bonds is 1. The van der Waals surface area contributed by atoms with E-state index in [0.29, 0.717) is 32.7 Å². The third-order valence-electron chi connectivity index (χ3n) is 2.70. The summed E-state index contributed by atoms with van der Waals surface area (Å²) in [5.74, 6) is 0.269. The van der Waals surface area contributed by atoms with E-state index in [1.54, 1.807) is 12.1 Å². The van der Waals surface area contributed by atoms with E-state index in [9.17, 15) is 4.79 Å². The van der Waals surface area contributed by atoms with E-state index in [1.165, 1.54) is 6.20 Å². The van der Waals surface area contributed by atoms with Crippen molar-refractivity contribution in [2.24, 2.45) is 0 Å². The molecule has 1 aliphatic rings. The lowest BCUT2D eigenvalue weighted by Gasteiger charge is -2.20. The molecule has 6 nitrogen and oxygen atoms in total. The molecular weight excluding hydrogens is 303 g/mol. The number of amides is 1. The van der Waals surface area contributed by atoms with Crippen molar-refractivity contribution < 1.29 is 9.53 Å². The minimum atomic E-state index is -0.251. The highest BCUT2D eigenvalue weighted by atomic mass is 35.5. The second kappa shape index (κ2) is 4.81. The Kier molecular flexibility index (Phi) is 3.11. The summed E-state index contributed by atoms with van der Waals surface area (Å²) in [6.07, 6.45) is 1.40. The number of hydrogen-bond acceptors (Lipinski definition) is 5. The summed E-state index contributed by atoms with van der Waals surface area (Å²) < 4.78 is 5.28. The van der Waals surface area contributed by atoms with Crippen LogP contribution < -0.4 is 15.8 Å². The van der Waals surface area contributed by atoms with Crippen LogP contribution in [0.25, 0.3) is 11.3 Å². The molecule has 3 rings (SSSR count). The molecule has 0 atom stereocenters. The molecule has 0 saturated carbocycles. The van der Waals surface area contributed by atoms with Crippen molar-refractivity contribution in [1.82, 2.24) is 9.97 Å². The average Bonchev–Trinajstić information content (AvgIpc) is 2.41. The van der Waals surface area contributed by atoms with Crippen LogP contribution >= 0.6 is 23.2 Å². The molecule has 0 spiro atoms. The molecule has 3 N–H and O–H groups in total. The van der Waals surface area contributed by atoms with Crippen molar-refractivity contribution in [2.45, 2.75) is 0 Å². The summed E-state index contributed by atoms with van der Waals surface area (Å²) in [5, 5.41) is 3.36. The number of carbonyl (C=O) groups excluding carboxylic acids is 1. The lowest BCUT2D eigenvalue weighted by molar-refractivity contribution is -0.118. The van der Waals surface area contributed by atoms with Gasteiger partial charge in [0.05, 0.1) is 27.6 Å². The van der Waals surface area contributed by atoms with Crippen LogP contribution in [-0.2, 0) is 4.79 Å². The second-order valence-corrected chi connectivity index (χ2v) is 4.91. The topological polar surface area (TPSA) is 90.1 Å². The van der Waals surface area contributed by atoms with E-state index in [1.807, 2.05) is 0 Å². The first-order valence-corrected chi connectivity index (χ1v) is 6.35. The number of anilines is 2. The molecular formula is C12H8Cl2N4O2. The van der Waals surface area contributed by atoms with Gasteiger partial charge in [-0.05, 0) is 12.1 Å². The second-order valence-electron chi connectivity index (χ2n) is 4.10. The standard InChI is InChI=1S/C12H8Cl2N4O2/c13-6-1-5(10-7(14)3-16-12(15)18-10)2-8-11(6)20-4-9(19)17-8/h1-3H,4H2,(H,17,19)(H2,15,16,18). The first kappa shape index (κ1) is 13.0. The third kappa shape index (κ3) is 2.23. The molecule has 1 aromatic carbocycles. The van der Waals surface area contributed by atoms with Crippen molar-refractivity contribution in [1.29, 1.82) is 0 Å². The predicted molar refractivity (Wildman–Crippen MR) is 76.0 cm³/mol. The number of hydrogen-bond donors (Lipinski definition) is 2. The molecule has 0 aliphatic carbocycles. The van der Waals surface area contributed by atoms with Gasteiger partial charge in [-0.3, -0.25) is 4.79 Å². The Balaban J connectivity index is 2.16. The minimum absolute atomic E-state index is 0.0622. The highest BCUT2D eigenvalue weighted by Crippen LogP contribution is 2.40. The summed E-state index contributed by atoms with van der Waals surface area (Å²) in [7, 11) is 0. The Morgan fingerprint density at radius 1 is 1.30 bits per heavy atom. The number of fused-ring (bicyclic) bond motifs is 1. The molecule has 0 saturated heterocycles. The van der Waals surface area contributed by atoms with Crippen LogP contribution in [0.5, 0.6) is 5.75 Å². The Hall–Kier alpha value is -2.05. The summed E-state index contributed by atoms with van der Waals surface area (Å²) in [5.41, 5.74) is 7.07. The molecule has 102 valence electrons. The molecule has 0 radical (unpaired) electrons. The lowest BCUT2D eigenvalue weighted by Crippen LogP contribution is -2.25. The highest BCUT2D eigenvalue weighted by molar-refractivity contribution is 6.34. The number of carbonyl (C=O) groups is 1. The number of benzene rings is 1. The van der Waals surface area contributed by atoms with Gasteiger partial charge >= 0.3 is 0 Å². The Bertz CT molecular complexity index is 721. The van der Waals surface area contributed by atoms with Gasteiger partial charge in [-0.2, -0.15) is 0 Å². The van der Waals surface area contributed by atoms with Crippen LogP contribution in [0.4, 0.5) is 11.6 Å². The fourth-order valence-corrected chi connectivity index (χ4v) is 2.35. The van der Waals surface area contributed by atoms with E-state index in [4.69, 9.17) is 33.7 Å². The maximum Gasteiger partial charge on any atom is 0.262 e. The normalized spacial score (nSPS) is 13.4. The molecule has 1 aromatic heterocycles. The van der Waals surface area contributed by atoms with Gasteiger partial charge in [0.2, 0.25) is 5.95 Å². The molecule has 2 aromatic rings. The van der Waals surface area contributed by atoms with E-state index in [2.05, 4.69) is 15.3 Å². The van der Waals surface area contributed by atoms with Gasteiger partial charge in [0.25, 0.3) is 5.91 Å². The molecule has 1 amide bonds. The van der Waals surface area contributed by atoms with Gasteiger partial charge in [-0.1, -0.05) is 23.2 Å². The van der Waals surface area contributed by atoms with E-state index >= 15 is 0 Å². The number of ether oxygens (including phenoxy) is 1. The molecule has 1 aliphatic heterocycles. The zero-order chi connectivity index (χ0) is 14.3. The van der Waals surface area contributed by atoms with Gasteiger partial charge in [-0.25, -0.2) is 9.97 Å². The zero-order valence-electron chi connectivity index (χ0n) is 9.98. The molecule has 0 fully saturated rings. The number of aromatic nitrogens is 2. The summed E-state index contributed by atoms with van der Waals surface area (Å²) in [4.78, 5) is 19.2. The van der Waals surface area contributed by atoms with Crippen LogP contribution in [0, 0.1) is 0 Å². The lowest BCUT2D eigenvalue weighted by atomic mass is 10.1. The highest BCUT2D eigenvalue weighted by Gasteiger charge is 2.21. The molecule has 0 bridgehead atoms. The van der Waals surface area contributed by atoms with Crippen LogP contribution in [0.1, 0.15) is 0 Å². The fourth-order valence-electron chi connectivity index (χ4n) is 1.88. The van der Waals surface area contributed by atoms with Gasteiger partial charge in [0.1, 0.15) is 0 Å². The fraction of sp³-hybridized carbons (Fsp3) is 0.0833. The van der Waals surface area contributed by atoms with Gasteiger partial charge in [-0.15, -0.1) is 0 Å². The monoisotopic (exact) mass is 310 g/mol. The first-order valence-electron chi connectivity index (χ1n) is 5.59. The SMILES string of the molecule is Nc1ncc(Cl)c(-c2cc(Cl)c3c(c2)NC(=O)CO3)n1. The predicted octanol–water partition coefficient (Wildman–Crippen LogP) is 2.36. The van der Waals surface area contributed by atoms with Crippen LogP contribution in [0.15, 0.2) is 18.3 Å². The van der Waals surface area contributed by atoms with Gasteiger partial charge in [0.15, 0.2) is 12.4 Å². The third-order valence-corrected chi connectivity index (χ3v) is 3.26. The van der Waals surface area contributed by atoms with Gasteiger partial charge < -0.3 is 15.8 Å². The quantitative estimate of drug-likeness (QED) is 0.844. The summed E-state index contributed by atoms with van der Waals surface area (Å²) in [6.45, 7) is -0.0622. The summed E-state index contributed by atoms with van der Waals surface area (Å²) >= 11 is 12.2. The average molecular weight is 311 g/mol. The molecule has 0 unspecified atom stereocenters. The largest absolute Gasteiger partial charge is 0.480 e. The van der Waals surface area contributed by atoms with Crippen molar-refractivity contribution >= 4 is 40.7 Å². The van der Waals surface area contributed by atoms with E-state index in [0.717, 1.165) is 0 Å². The maximum atomic E-state index is 11.4. The van der Waals surface area contributed by atoms with E-state index < -0.39 is 0 Å². The van der Waals surface area contributed by atoms with Crippen molar-refractivity contribution in [2.75, 3.05) is 17.7 Å². The maximum absolute atomic E-state index is 11.4. The van der Waals surface area contributed by atoms with Crippen molar-refractivity contribution in [3.05, 3.63) is 28.4 Å². The van der Waals surface area contributed by atoms with Crippen LogP contribution in [-0.4, -0.2) is 22.5 Å². The zero-order valence-corrected chi connectivity index (χ0v) is 11.5. The number of nitrogens with two attached hydrogens (primary N) is 1. The van der Waals surface area contributed by atoms with Crippen LogP contribution in [0.3, 0.4) is 0 Å². The smallest absolute Gasteiger partial charge is 0.262 e. The number of nitrogens with zero attached hydrogens (tertiary/aromatic N) is 2. The van der Waals surface area contributed by atoms with E-state index in [-0.39, 0.29) is 18.5 Å². The number of nitrogens with one attached hydrogen (secondary N) is 1. The van der Waals surface area contributed by atoms with Crippen molar-refractivity contribution in [3.8, 4) is 17.0 Å². The minimum Gasteiger partial charge on any atom is -0.480 e.